The highest BCUT2D eigenvalue weighted by Crippen LogP contribution is 2.14. The number of nitrogens with one attached hydrogen (secondary N) is 1. The van der Waals surface area contributed by atoms with Crippen LogP contribution in [0.1, 0.15) is 30.2 Å². The quantitative estimate of drug-likeness (QED) is 0.896. The molecule has 1 N–H and O–H groups in total. The molecule has 0 fully saturated rings. The van der Waals surface area contributed by atoms with Gasteiger partial charge >= 0.3 is 0 Å². The van der Waals surface area contributed by atoms with Crippen LogP contribution in [0.25, 0.3) is 0 Å². The Kier molecular flexibility index (Phi) is 4.73. The van der Waals surface area contributed by atoms with E-state index in [2.05, 4.69) is 47.6 Å². The van der Waals surface area contributed by atoms with Gasteiger partial charge in [0.25, 0.3) is 0 Å². The minimum absolute atomic E-state index is 0.319. The Bertz CT molecular complexity index is 599. The average Bonchev–Trinajstić information content (AvgIpc) is 2.49. The first kappa shape index (κ1) is 14.1. The van der Waals surface area contributed by atoms with Crippen molar-refractivity contribution in [1.82, 2.24) is 4.98 Å². The van der Waals surface area contributed by atoms with Crippen LogP contribution in [-0.4, -0.2) is 11.0 Å². The van der Waals surface area contributed by atoms with Crippen LogP contribution in [0.4, 0.5) is 5.82 Å². The lowest BCUT2D eigenvalue weighted by Gasteiger charge is -2.18. The largest absolute Gasteiger partial charge is 0.367 e. The number of hydrogen-bond donors (Lipinski definition) is 1. The van der Waals surface area contributed by atoms with Gasteiger partial charge in [-0.3, -0.25) is 0 Å². The molecule has 3 heteroatoms. The number of hydrogen-bond acceptors (Lipinski definition) is 3. The molecule has 0 aliphatic rings. The summed E-state index contributed by atoms with van der Waals surface area (Å²) in [5.74, 6) is 0.773. The number of nitrogens with zero attached hydrogens (tertiary/aromatic N) is 2. The van der Waals surface area contributed by atoms with Gasteiger partial charge in [0.1, 0.15) is 17.6 Å². The second-order valence-corrected chi connectivity index (χ2v) is 4.91. The fourth-order valence-electron chi connectivity index (χ4n) is 2.13. The zero-order chi connectivity index (χ0) is 14.4. The lowest BCUT2D eigenvalue weighted by molar-refractivity contribution is 0.687. The summed E-state index contributed by atoms with van der Waals surface area (Å²) in [6.45, 7) is 4.05. The van der Waals surface area contributed by atoms with Crippen molar-refractivity contribution in [2.75, 3.05) is 5.32 Å². The highest BCUT2D eigenvalue weighted by molar-refractivity contribution is 5.43. The molecule has 2 aromatic rings. The van der Waals surface area contributed by atoms with Crippen LogP contribution in [0.5, 0.6) is 0 Å². The van der Waals surface area contributed by atoms with Crippen molar-refractivity contribution in [1.29, 1.82) is 5.26 Å². The SMILES string of the molecule is CCC(Cc1ccccc1)Nc1ccc(C)c(C#N)n1. The van der Waals surface area contributed by atoms with E-state index in [1.807, 2.05) is 25.1 Å². The monoisotopic (exact) mass is 265 g/mol. The maximum absolute atomic E-state index is 9.03. The number of pyridine rings is 1. The average molecular weight is 265 g/mol. The molecule has 0 saturated carbocycles. The Morgan fingerprint density at radius 3 is 2.60 bits per heavy atom. The molecule has 2 rings (SSSR count). The Hall–Kier alpha value is -2.34. The van der Waals surface area contributed by atoms with Gasteiger partial charge in [-0.05, 0) is 37.0 Å². The molecule has 3 nitrogen and oxygen atoms in total. The van der Waals surface area contributed by atoms with Crippen LogP contribution >= 0.6 is 0 Å². The first-order chi connectivity index (χ1) is 9.72. The molecule has 1 aromatic heterocycles. The number of benzene rings is 1. The number of anilines is 1. The summed E-state index contributed by atoms with van der Waals surface area (Å²) in [6, 6.07) is 16.7. The van der Waals surface area contributed by atoms with Crippen LogP contribution in [0, 0.1) is 18.3 Å². The van der Waals surface area contributed by atoms with Gasteiger partial charge in [0.2, 0.25) is 0 Å². The fraction of sp³-hybridized carbons (Fsp3) is 0.294. The molecule has 0 amide bonds. The van der Waals surface area contributed by atoms with Crippen LogP contribution in [-0.2, 0) is 6.42 Å². The van der Waals surface area contributed by atoms with Crippen molar-refractivity contribution >= 4 is 5.82 Å². The lowest BCUT2D eigenvalue weighted by Crippen LogP contribution is -2.22. The van der Waals surface area contributed by atoms with E-state index < -0.39 is 0 Å². The molecule has 0 bridgehead atoms. The van der Waals surface area contributed by atoms with Gasteiger partial charge in [-0.15, -0.1) is 0 Å². The maximum atomic E-state index is 9.03. The molecular formula is C17H19N3. The summed E-state index contributed by atoms with van der Waals surface area (Å²) in [4.78, 5) is 4.35. The Morgan fingerprint density at radius 2 is 1.95 bits per heavy atom. The number of rotatable bonds is 5. The minimum atomic E-state index is 0.319. The van der Waals surface area contributed by atoms with Gasteiger partial charge < -0.3 is 5.32 Å². The van der Waals surface area contributed by atoms with Crippen LogP contribution in [0.15, 0.2) is 42.5 Å². The van der Waals surface area contributed by atoms with Gasteiger partial charge in [0.15, 0.2) is 0 Å². The van der Waals surface area contributed by atoms with Crippen molar-refractivity contribution in [3.05, 3.63) is 59.3 Å². The summed E-state index contributed by atoms with van der Waals surface area (Å²) >= 11 is 0. The Morgan fingerprint density at radius 1 is 1.20 bits per heavy atom. The molecule has 0 radical (unpaired) electrons. The molecule has 0 aliphatic heterocycles. The van der Waals surface area contributed by atoms with Crippen LogP contribution < -0.4 is 5.32 Å². The summed E-state index contributed by atoms with van der Waals surface area (Å²) in [5.41, 5.74) is 2.71. The normalized spacial score (nSPS) is 11.7. The van der Waals surface area contributed by atoms with Crippen molar-refractivity contribution < 1.29 is 0 Å². The fourth-order valence-corrected chi connectivity index (χ4v) is 2.13. The first-order valence-electron chi connectivity index (χ1n) is 6.91. The van der Waals surface area contributed by atoms with E-state index in [4.69, 9.17) is 5.26 Å². The van der Waals surface area contributed by atoms with Gasteiger partial charge in [0, 0.05) is 6.04 Å². The highest BCUT2D eigenvalue weighted by atomic mass is 15.0. The minimum Gasteiger partial charge on any atom is -0.367 e. The second kappa shape index (κ2) is 6.72. The van der Waals surface area contributed by atoms with E-state index >= 15 is 0 Å². The predicted octanol–water partition coefficient (Wildman–Crippen LogP) is 3.69. The lowest BCUT2D eigenvalue weighted by atomic mass is 10.0. The molecule has 1 unspecified atom stereocenters. The standard InChI is InChI=1S/C17H19N3/c1-3-15(11-14-7-5-4-6-8-14)19-17-10-9-13(2)16(12-18)20-17/h4-10,15H,3,11H2,1-2H3,(H,19,20). The molecular weight excluding hydrogens is 246 g/mol. The Balaban J connectivity index is 2.09. The Labute approximate surface area is 120 Å². The van der Waals surface area contributed by atoms with Crippen molar-refractivity contribution in [3.8, 4) is 6.07 Å². The van der Waals surface area contributed by atoms with E-state index in [-0.39, 0.29) is 0 Å². The van der Waals surface area contributed by atoms with Gasteiger partial charge in [-0.1, -0.05) is 43.3 Å². The topological polar surface area (TPSA) is 48.7 Å². The van der Waals surface area contributed by atoms with E-state index in [9.17, 15) is 0 Å². The van der Waals surface area contributed by atoms with E-state index in [1.165, 1.54) is 5.56 Å². The van der Waals surface area contributed by atoms with E-state index in [0.717, 1.165) is 24.2 Å². The number of nitriles is 1. The number of aromatic nitrogens is 1. The third-order valence-electron chi connectivity index (χ3n) is 3.37. The summed E-state index contributed by atoms with van der Waals surface area (Å²) in [7, 11) is 0. The zero-order valence-electron chi connectivity index (χ0n) is 11.9. The van der Waals surface area contributed by atoms with Gasteiger partial charge in [0.05, 0.1) is 0 Å². The maximum Gasteiger partial charge on any atom is 0.145 e. The smallest absolute Gasteiger partial charge is 0.145 e. The molecule has 1 aromatic carbocycles. The molecule has 20 heavy (non-hydrogen) atoms. The van der Waals surface area contributed by atoms with E-state index in [0.29, 0.717) is 11.7 Å². The third kappa shape index (κ3) is 3.58. The first-order valence-corrected chi connectivity index (χ1v) is 6.91. The molecule has 0 spiro atoms. The van der Waals surface area contributed by atoms with Crippen molar-refractivity contribution in [3.63, 3.8) is 0 Å². The summed E-state index contributed by atoms with van der Waals surface area (Å²) in [6.07, 6.45) is 1.96. The van der Waals surface area contributed by atoms with Crippen LogP contribution in [0.3, 0.4) is 0 Å². The molecule has 1 atom stereocenters. The predicted molar refractivity (Wildman–Crippen MR) is 81.5 cm³/mol. The molecule has 0 aliphatic carbocycles. The van der Waals surface area contributed by atoms with Gasteiger partial charge in [-0.25, -0.2) is 4.98 Å². The third-order valence-corrected chi connectivity index (χ3v) is 3.37. The highest BCUT2D eigenvalue weighted by Gasteiger charge is 2.09. The molecule has 1 heterocycles. The van der Waals surface area contributed by atoms with Crippen molar-refractivity contribution in [2.24, 2.45) is 0 Å². The van der Waals surface area contributed by atoms with Crippen molar-refractivity contribution in [2.45, 2.75) is 32.7 Å². The summed E-state index contributed by atoms with van der Waals surface area (Å²) in [5, 5.41) is 12.4. The van der Waals surface area contributed by atoms with Gasteiger partial charge in [-0.2, -0.15) is 5.26 Å². The summed E-state index contributed by atoms with van der Waals surface area (Å²) < 4.78 is 0. The zero-order valence-corrected chi connectivity index (χ0v) is 11.9. The molecule has 102 valence electrons. The molecule has 0 saturated heterocycles. The second-order valence-electron chi connectivity index (χ2n) is 4.91. The van der Waals surface area contributed by atoms with Crippen LogP contribution in [0.2, 0.25) is 0 Å². The number of aryl methyl sites for hydroxylation is 1. The van der Waals surface area contributed by atoms with E-state index in [1.54, 1.807) is 0 Å².